The minimum absolute atomic E-state index is 0.325. The standard InChI is InChI=1S/C16H14N2O3S2/c1-2-21-16(19)14-13(11-7-8-22-9-11)17-15(23-14)10-3-5-12(18-20)6-4-10/h3-9,18,20H,2H2,1H3. The number of rotatable bonds is 5. The quantitative estimate of drug-likeness (QED) is 0.525. The number of benzene rings is 1. The predicted molar refractivity (Wildman–Crippen MR) is 92.2 cm³/mol. The second kappa shape index (κ2) is 6.91. The molecule has 5 nitrogen and oxygen atoms in total. The maximum Gasteiger partial charge on any atom is 0.350 e. The molecule has 3 rings (SSSR count). The topological polar surface area (TPSA) is 71.5 Å². The van der Waals surface area contributed by atoms with Crippen molar-refractivity contribution in [2.45, 2.75) is 6.92 Å². The smallest absolute Gasteiger partial charge is 0.350 e. The molecular weight excluding hydrogens is 332 g/mol. The Kier molecular flexibility index (Phi) is 4.71. The van der Waals surface area contributed by atoms with Gasteiger partial charge in [0.2, 0.25) is 0 Å². The van der Waals surface area contributed by atoms with Crippen LogP contribution in [0.4, 0.5) is 5.69 Å². The molecule has 0 bridgehead atoms. The van der Waals surface area contributed by atoms with Crippen molar-refractivity contribution in [1.82, 2.24) is 4.98 Å². The van der Waals surface area contributed by atoms with Gasteiger partial charge < -0.3 is 4.74 Å². The maximum absolute atomic E-state index is 12.2. The summed E-state index contributed by atoms with van der Waals surface area (Å²) < 4.78 is 5.14. The highest BCUT2D eigenvalue weighted by atomic mass is 32.1. The lowest BCUT2D eigenvalue weighted by molar-refractivity contribution is 0.0532. The third-order valence-electron chi connectivity index (χ3n) is 3.14. The molecule has 0 fully saturated rings. The summed E-state index contributed by atoms with van der Waals surface area (Å²) in [7, 11) is 0. The Labute approximate surface area is 141 Å². The fourth-order valence-corrected chi connectivity index (χ4v) is 3.69. The first-order valence-corrected chi connectivity index (χ1v) is 8.70. The SMILES string of the molecule is CCOC(=O)c1sc(-c2ccc(NO)cc2)nc1-c1ccsc1. The van der Waals surface area contributed by atoms with Crippen LogP contribution in [0.15, 0.2) is 41.1 Å². The van der Waals surface area contributed by atoms with Crippen LogP contribution in [-0.4, -0.2) is 22.8 Å². The number of thiophene rings is 1. The van der Waals surface area contributed by atoms with E-state index in [0.29, 0.717) is 22.9 Å². The summed E-state index contributed by atoms with van der Waals surface area (Å²) in [6.07, 6.45) is 0. The van der Waals surface area contributed by atoms with Crippen LogP contribution in [0.25, 0.3) is 21.8 Å². The van der Waals surface area contributed by atoms with Crippen molar-refractivity contribution in [3.63, 3.8) is 0 Å². The molecule has 0 aliphatic heterocycles. The van der Waals surface area contributed by atoms with E-state index in [4.69, 9.17) is 9.94 Å². The van der Waals surface area contributed by atoms with E-state index in [9.17, 15) is 4.79 Å². The van der Waals surface area contributed by atoms with E-state index in [-0.39, 0.29) is 5.97 Å². The Morgan fingerprint density at radius 1 is 1.26 bits per heavy atom. The van der Waals surface area contributed by atoms with E-state index in [1.54, 1.807) is 30.4 Å². The van der Waals surface area contributed by atoms with Gasteiger partial charge in [0.15, 0.2) is 0 Å². The highest BCUT2D eigenvalue weighted by Crippen LogP contribution is 2.35. The van der Waals surface area contributed by atoms with E-state index >= 15 is 0 Å². The minimum Gasteiger partial charge on any atom is -0.462 e. The average Bonchev–Trinajstić information content (AvgIpc) is 3.24. The molecule has 0 saturated carbocycles. The van der Waals surface area contributed by atoms with Crippen LogP contribution >= 0.6 is 22.7 Å². The van der Waals surface area contributed by atoms with Crippen molar-refractivity contribution in [2.75, 3.05) is 12.1 Å². The number of hydrogen-bond donors (Lipinski definition) is 2. The van der Waals surface area contributed by atoms with Crippen molar-refractivity contribution in [3.05, 3.63) is 46.0 Å². The zero-order chi connectivity index (χ0) is 16.2. The second-order valence-electron chi connectivity index (χ2n) is 4.62. The highest BCUT2D eigenvalue weighted by Gasteiger charge is 2.21. The molecule has 0 unspecified atom stereocenters. The molecule has 23 heavy (non-hydrogen) atoms. The Morgan fingerprint density at radius 2 is 2.04 bits per heavy atom. The van der Waals surface area contributed by atoms with Gasteiger partial charge in [0.25, 0.3) is 0 Å². The van der Waals surface area contributed by atoms with E-state index < -0.39 is 0 Å². The van der Waals surface area contributed by atoms with E-state index in [0.717, 1.165) is 16.1 Å². The van der Waals surface area contributed by atoms with Crippen LogP contribution in [0, 0.1) is 0 Å². The number of esters is 1. The van der Waals surface area contributed by atoms with Crippen molar-refractivity contribution in [3.8, 4) is 21.8 Å². The Balaban J connectivity index is 2.04. The number of carbonyl (C=O) groups is 1. The van der Waals surface area contributed by atoms with Crippen LogP contribution < -0.4 is 5.48 Å². The monoisotopic (exact) mass is 346 g/mol. The zero-order valence-corrected chi connectivity index (χ0v) is 13.9. The Bertz CT molecular complexity index is 795. The summed E-state index contributed by atoms with van der Waals surface area (Å²) in [6.45, 7) is 2.11. The lowest BCUT2D eigenvalue weighted by Gasteiger charge is -2.00. The number of ether oxygens (including phenoxy) is 1. The summed E-state index contributed by atoms with van der Waals surface area (Å²) in [5.74, 6) is -0.355. The molecule has 0 amide bonds. The van der Waals surface area contributed by atoms with Gasteiger partial charge in [0.05, 0.1) is 18.0 Å². The molecule has 3 aromatic rings. The number of hydrogen-bond acceptors (Lipinski definition) is 7. The fraction of sp³-hybridized carbons (Fsp3) is 0.125. The number of nitrogens with zero attached hydrogens (tertiary/aromatic N) is 1. The molecule has 118 valence electrons. The van der Waals surface area contributed by atoms with Crippen molar-refractivity contribution in [2.24, 2.45) is 0 Å². The van der Waals surface area contributed by atoms with Gasteiger partial charge in [-0.3, -0.25) is 10.7 Å². The highest BCUT2D eigenvalue weighted by molar-refractivity contribution is 7.17. The van der Waals surface area contributed by atoms with Gasteiger partial charge in [-0.15, -0.1) is 11.3 Å². The van der Waals surface area contributed by atoms with Crippen molar-refractivity contribution in [1.29, 1.82) is 0 Å². The summed E-state index contributed by atoms with van der Waals surface area (Å²) in [4.78, 5) is 17.3. The van der Waals surface area contributed by atoms with E-state index in [1.807, 2.05) is 29.0 Å². The first-order chi connectivity index (χ1) is 11.2. The number of aromatic nitrogens is 1. The molecule has 2 heterocycles. The van der Waals surface area contributed by atoms with Crippen molar-refractivity contribution < 1.29 is 14.7 Å². The van der Waals surface area contributed by atoms with Crippen molar-refractivity contribution >= 4 is 34.3 Å². The van der Waals surface area contributed by atoms with Gasteiger partial charge in [-0.25, -0.2) is 9.78 Å². The van der Waals surface area contributed by atoms with Gasteiger partial charge in [-0.2, -0.15) is 11.3 Å². The van der Waals surface area contributed by atoms with Gasteiger partial charge in [0, 0.05) is 16.5 Å². The van der Waals surface area contributed by atoms with Crippen LogP contribution in [-0.2, 0) is 4.74 Å². The molecule has 0 aliphatic rings. The number of thiazole rings is 1. The summed E-state index contributed by atoms with van der Waals surface area (Å²) in [5.41, 5.74) is 5.12. The number of nitrogens with one attached hydrogen (secondary N) is 1. The Hall–Kier alpha value is -2.22. The third kappa shape index (κ3) is 3.26. The number of anilines is 1. The first kappa shape index (κ1) is 15.7. The fourth-order valence-electron chi connectivity index (χ4n) is 2.06. The summed E-state index contributed by atoms with van der Waals surface area (Å²) in [5, 5.41) is 13.5. The zero-order valence-electron chi connectivity index (χ0n) is 12.3. The molecule has 0 spiro atoms. The van der Waals surface area contributed by atoms with Gasteiger partial charge >= 0.3 is 5.97 Å². The average molecular weight is 346 g/mol. The normalized spacial score (nSPS) is 10.5. The van der Waals surface area contributed by atoms with Crippen LogP contribution in [0.1, 0.15) is 16.6 Å². The van der Waals surface area contributed by atoms with Crippen LogP contribution in [0.3, 0.4) is 0 Å². The van der Waals surface area contributed by atoms with E-state index in [2.05, 4.69) is 10.5 Å². The van der Waals surface area contributed by atoms with Crippen LogP contribution in [0.2, 0.25) is 0 Å². The van der Waals surface area contributed by atoms with Gasteiger partial charge in [0.1, 0.15) is 9.88 Å². The maximum atomic E-state index is 12.2. The summed E-state index contributed by atoms with van der Waals surface area (Å²) in [6, 6.07) is 9.09. The lowest BCUT2D eigenvalue weighted by atomic mass is 10.2. The molecule has 2 aromatic heterocycles. The van der Waals surface area contributed by atoms with E-state index in [1.165, 1.54) is 11.3 Å². The molecule has 7 heteroatoms. The molecule has 0 aliphatic carbocycles. The lowest BCUT2D eigenvalue weighted by Crippen LogP contribution is -2.03. The molecular formula is C16H14N2O3S2. The second-order valence-corrected chi connectivity index (χ2v) is 6.40. The van der Waals surface area contributed by atoms with Crippen LogP contribution in [0.5, 0.6) is 0 Å². The molecule has 0 saturated heterocycles. The van der Waals surface area contributed by atoms with Gasteiger partial charge in [-0.05, 0) is 42.6 Å². The molecule has 0 radical (unpaired) electrons. The summed E-state index contributed by atoms with van der Waals surface area (Å²) >= 11 is 2.86. The predicted octanol–water partition coefficient (Wildman–Crippen LogP) is 4.52. The van der Waals surface area contributed by atoms with Gasteiger partial charge in [-0.1, -0.05) is 0 Å². The Morgan fingerprint density at radius 3 is 2.65 bits per heavy atom. The molecule has 2 N–H and O–H groups in total. The molecule has 0 atom stereocenters. The first-order valence-electron chi connectivity index (χ1n) is 6.94. The number of carbonyl (C=O) groups excluding carboxylic acids is 1. The third-order valence-corrected chi connectivity index (χ3v) is 4.91. The largest absolute Gasteiger partial charge is 0.462 e. The molecule has 1 aromatic carbocycles. The minimum atomic E-state index is -0.355.